The van der Waals surface area contributed by atoms with Crippen LogP contribution in [0.4, 0.5) is 20.2 Å². The quantitative estimate of drug-likeness (QED) is 0.611. The van der Waals surface area contributed by atoms with Crippen LogP contribution < -0.4 is 10.6 Å². The summed E-state index contributed by atoms with van der Waals surface area (Å²) >= 11 is 0. The highest BCUT2D eigenvalue weighted by molar-refractivity contribution is 5.89. The second-order valence-electron chi connectivity index (χ2n) is 8.18. The van der Waals surface area contributed by atoms with Gasteiger partial charge in [0.25, 0.3) is 0 Å². The molecule has 0 bridgehead atoms. The Hall–Kier alpha value is -3.56. The summed E-state index contributed by atoms with van der Waals surface area (Å²) in [5, 5.41) is 10.1. The lowest BCUT2D eigenvalue weighted by Crippen LogP contribution is -2.43. The molecule has 1 spiro atoms. The number of unbranched alkanes of at least 4 members (excludes halogenated alkanes) is 1. The third-order valence-electron chi connectivity index (χ3n) is 5.91. The summed E-state index contributed by atoms with van der Waals surface area (Å²) in [7, 11) is 0. The van der Waals surface area contributed by atoms with Crippen molar-refractivity contribution in [2.75, 3.05) is 18.5 Å². The molecule has 1 aromatic heterocycles. The van der Waals surface area contributed by atoms with Gasteiger partial charge in [-0.1, -0.05) is 43.7 Å². The number of ether oxygens (including phenoxy) is 2. The summed E-state index contributed by atoms with van der Waals surface area (Å²) in [6.07, 6.45) is 1.96. The van der Waals surface area contributed by atoms with Crippen LogP contribution in [0.2, 0.25) is 0 Å². The minimum atomic E-state index is -0.720. The first-order valence-electron chi connectivity index (χ1n) is 11.3. The number of nitrogens with zero attached hydrogens (tertiary/aromatic N) is 3. The third-order valence-corrected chi connectivity index (χ3v) is 5.91. The Morgan fingerprint density at radius 3 is 2.55 bits per heavy atom. The van der Waals surface area contributed by atoms with E-state index in [1.165, 1.54) is 0 Å². The number of aromatic nitrogens is 2. The first kappa shape index (κ1) is 22.6. The molecule has 2 aromatic rings. The van der Waals surface area contributed by atoms with Gasteiger partial charge >= 0.3 is 18.2 Å². The molecule has 1 aliphatic carbocycles. The normalized spacial score (nSPS) is 15.2. The van der Waals surface area contributed by atoms with Gasteiger partial charge in [0.1, 0.15) is 6.61 Å². The zero-order valence-electron chi connectivity index (χ0n) is 18.9. The topological polar surface area (TPSA) is 115 Å². The van der Waals surface area contributed by atoms with Crippen molar-refractivity contribution >= 4 is 24.0 Å². The van der Waals surface area contributed by atoms with Crippen LogP contribution in [0.15, 0.2) is 30.3 Å². The number of nitrogens with one attached hydrogen (secondary N) is 2. The Balaban J connectivity index is 1.55. The molecule has 2 aliphatic rings. The summed E-state index contributed by atoms with van der Waals surface area (Å²) in [6.45, 7) is 4.84. The maximum Gasteiger partial charge on any atom is 0.436 e. The highest BCUT2D eigenvalue weighted by Gasteiger charge is 2.59. The van der Waals surface area contributed by atoms with Gasteiger partial charge in [-0.2, -0.15) is 5.10 Å². The number of carbonyl (C=O) groups excluding carboxylic acids is 3. The molecular formula is C23H29N5O5. The van der Waals surface area contributed by atoms with Gasteiger partial charge in [-0.15, -0.1) is 4.68 Å². The average molecular weight is 456 g/mol. The van der Waals surface area contributed by atoms with Crippen molar-refractivity contribution in [1.82, 2.24) is 20.0 Å². The lowest BCUT2D eigenvalue weighted by atomic mass is 10.1. The second-order valence-corrected chi connectivity index (χ2v) is 8.18. The largest absolute Gasteiger partial charge is 0.448 e. The molecule has 0 atom stereocenters. The van der Waals surface area contributed by atoms with Gasteiger partial charge in [-0.05, 0) is 31.7 Å². The van der Waals surface area contributed by atoms with E-state index in [4.69, 9.17) is 9.47 Å². The number of hydrogen-bond donors (Lipinski definition) is 2. The van der Waals surface area contributed by atoms with Crippen LogP contribution in [-0.2, 0) is 28.2 Å². The van der Waals surface area contributed by atoms with Gasteiger partial charge in [-0.3, -0.25) is 5.32 Å². The van der Waals surface area contributed by atoms with Crippen molar-refractivity contribution in [3.8, 4) is 0 Å². The lowest BCUT2D eigenvalue weighted by Gasteiger charge is -2.25. The van der Waals surface area contributed by atoms with E-state index in [9.17, 15) is 14.4 Å². The molecule has 10 heteroatoms. The smallest absolute Gasteiger partial charge is 0.436 e. The number of fused-ring (bicyclic) bond motifs is 2. The molecule has 33 heavy (non-hydrogen) atoms. The predicted molar refractivity (Wildman–Crippen MR) is 120 cm³/mol. The van der Waals surface area contributed by atoms with E-state index in [1.54, 1.807) is 11.8 Å². The van der Waals surface area contributed by atoms with Crippen LogP contribution in [0.3, 0.4) is 0 Å². The maximum absolute atomic E-state index is 12.8. The zero-order chi connectivity index (χ0) is 23.4. The Labute approximate surface area is 192 Å². The molecule has 2 heterocycles. The third kappa shape index (κ3) is 4.50. The zero-order valence-corrected chi connectivity index (χ0v) is 18.9. The summed E-state index contributed by atoms with van der Waals surface area (Å²) in [6, 6.07) is 9.12. The number of benzene rings is 1. The van der Waals surface area contributed by atoms with Crippen molar-refractivity contribution in [2.45, 2.75) is 58.2 Å². The molecule has 1 aromatic carbocycles. The number of rotatable bonds is 7. The summed E-state index contributed by atoms with van der Waals surface area (Å²) in [4.78, 5) is 39.7. The monoisotopic (exact) mass is 455 g/mol. The Bertz CT molecular complexity index is 1030. The first-order chi connectivity index (χ1) is 16.0. The summed E-state index contributed by atoms with van der Waals surface area (Å²) < 4.78 is 11.5. The van der Waals surface area contributed by atoms with Gasteiger partial charge in [0.2, 0.25) is 0 Å². The predicted octanol–water partition coefficient (Wildman–Crippen LogP) is 3.95. The van der Waals surface area contributed by atoms with Crippen molar-refractivity contribution in [3.05, 3.63) is 47.2 Å². The molecule has 0 saturated heterocycles. The van der Waals surface area contributed by atoms with Crippen LogP contribution in [0.25, 0.3) is 0 Å². The average Bonchev–Trinajstić information content (AvgIpc) is 3.44. The first-order valence-corrected chi connectivity index (χ1v) is 11.3. The SMILES string of the molecule is CCCCNC(=O)N1Cc2c(nn(C(=O)OCC)c2NC(=O)OCc2ccccc2)C12CC2. The van der Waals surface area contributed by atoms with Crippen molar-refractivity contribution < 1.29 is 23.9 Å². The van der Waals surface area contributed by atoms with E-state index in [2.05, 4.69) is 22.7 Å². The molecule has 1 saturated carbocycles. The summed E-state index contributed by atoms with van der Waals surface area (Å²) in [5.41, 5.74) is 1.54. The number of carbonyl (C=O) groups is 3. The minimum absolute atomic E-state index is 0.0817. The van der Waals surface area contributed by atoms with E-state index in [0.29, 0.717) is 17.8 Å². The van der Waals surface area contributed by atoms with Gasteiger partial charge in [0.15, 0.2) is 5.82 Å². The molecular weight excluding hydrogens is 426 g/mol. The molecule has 10 nitrogen and oxygen atoms in total. The van der Waals surface area contributed by atoms with Crippen LogP contribution in [0.1, 0.15) is 56.4 Å². The minimum Gasteiger partial charge on any atom is -0.448 e. The van der Waals surface area contributed by atoms with Crippen molar-refractivity contribution in [2.24, 2.45) is 0 Å². The van der Waals surface area contributed by atoms with E-state index >= 15 is 0 Å². The van der Waals surface area contributed by atoms with Gasteiger partial charge in [-0.25, -0.2) is 14.4 Å². The van der Waals surface area contributed by atoms with Crippen LogP contribution in [0.5, 0.6) is 0 Å². The van der Waals surface area contributed by atoms with Gasteiger partial charge < -0.3 is 19.7 Å². The molecule has 1 aliphatic heterocycles. The molecule has 2 N–H and O–H groups in total. The van der Waals surface area contributed by atoms with E-state index in [0.717, 1.165) is 35.9 Å². The van der Waals surface area contributed by atoms with Gasteiger partial charge in [0, 0.05) is 12.1 Å². The lowest BCUT2D eigenvalue weighted by molar-refractivity contribution is 0.148. The van der Waals surface area contributed by atoms with Crippen LogP contribution in [-0.4, -0.2) is 46.0 Å². The molecule has 3 amide bonds. The highest BCUT2D eigenvalue weighted by Crippen LogP contribution is 2.57. The highest BCUT2D eigenvalue weighted by atomic mass is 16.6. The van der Waals surface area contributed by atoms with E-state index < -0.39 is 17.7 Å². The molecule has 0 radical (unpaired) electrons. The van der Waals surface area contributed by atoms with Crippen LogP contribution >= 0.6 is 0 Å². The van der Waals surface area contributed by atoms with E-state index in [1.807, 2.05) is 30.3 Å². The number of hydrogen-bond acceptors (Lipinski definition) is 6. The molecule has 176 valence electrons. The Morgan fingerprint density at radius 1 is 1.12 bits per heavy atom. The van der Waals surface area contributed by atoms with Crippen molar-refractivity contribution in [3.63, 3.8) is 0 Å². The maximum atomic E-state index is 12.8. The second kappa shape index (κ2) is 9.51. The standard InChI is InChI=1S/C23H29N5O5/c1-3-5-13-24-20(29)27-14-17-18(23(27)11-12-23)26-28(22(31)32-4-2)19(17)25-21(30)33-15-16-9-7-6-8-10-16/h6-10H,3-5,11-15H2,1-2H3,(H,24,29)(H,25,30). The number of anilines is 1. The molecule has 4 rings (SSSR count). The number of amides is 3. The molecule has 0 unspecified atom stereocenters. The van der Waals surface area contributed by atoms with E-state index in [-0.39, 0.29) is 31.6 Å². The summed E-state index contributed by atoms with van der Waals surface area (Å²) in [5.74, 6) is 0.177. The fourth-order valence-electron chi connectivity index (χ4n) is 4.07. The van der Waals surface area contributed by atoms with Crippen molar-refractivity contribution in [1.29, 1.82) is 0 Å². The van der Waals surface area contributed by atoms with Gasteiger partial charge in [0.05, 0.1) is 24.4 Å². The number of urea groups is 1. The van der Waals surface area contributed by atoms with Crippen LogP contribution in [0, 0.1) is 0 Å². The Kier molecular flexibility index (Phi) is 6.52. The fourth-order valence-corrected chi connectivity index (χ4v) is 4.07. The molecule has 1 fully saturated rings. The fraction of sp³-hybridized carbons (Fsp3) is 0.478. The Morgan fingerprint density at radius 2 is 1.88 bits per heavy atom.